The Hall–Kier alpha value is -2.71. The third kappa shape index (κ3) is 5.65. The molecule has 3 rings (SSSR count). The van der Waals surface area contributed by atoms with E-state index in [0.717, 1.165) is 22.7 Å². The number of carbonyl (C=O) groups is 1. The molecule has 9 heteroatoms. The Morgan fingerprint density at radius 1 is 1.21 bits per heavy atom. The van der Waals surface area contributed by atoms with Crippen LogP contribution in [0.1, 0.15) is 29.2 Å². The molecule has 1 atom stereocenters. The minimum atomic E-state index is -4.49. The summed E-state index contributed by atoms with van der Waals surface area (Å²) in [7, 11) is 0. The molecule has 2 heterocycles. The molecule has 1 aliphatic heterocycles. The number of likely N-dealkylation sites (tertiary alicyclic amines) is 1. The minimum Gasteiger partial charge on any atom is -0.445 e. The highest BCUT2D eigenvalue weighted by Crippen LogP contribution is 2.40. The number of pyridine rings is 1. The van der Waals surface area contributed by atoms with Crippen molar-refractivity contribution in [2.45, 2.75) is 37.5 Å². The molecule has 4 nitrogen and oxygen atoms in total. The molecule has 0 radical (unpaired) electrons. The van der Waals surface area contributed by atoms with Crippen LogP contribution in [0, 0.1) is 0 Å². The van der Waals surface area contributed by atoms with E-state index in [1.54, 1.807) is 24.3 Å². The normalized spacial score (nSPS) is 19.1. The summed E-state index contributed by atoms with van der Waals surface area (Å²) in [6, 6.07) is 11.2. The van der Waals surface area contributed by atoms with Gasteiger partial charge in [0.05, 0.1) is 12.3 Å². The van der Waals surface area contributed by atoms with Gasteiger partial charge in [-0.05, 0) is 23.3 Å². The number of hydrogen-bond acceptors (Lipinski definition) is 3. The molecule has 1 amide bonds. The zero-order valence-corrected chi connectivity index (χ0v) is 15.3. The maximum absolute atomic E-state index is 14.5. The van der Waals surface area contributed by atoms with Crippen LogP contribution in [0.4, 0.5) is 26.7 Å². The zero-order chi connectivity index (χ0) is 21.1. The van der Waals surface area contributed by atoms with E-state index in [0.29, 0.717) is 0 Å². The number of amides is 1. The first-order valence-corrected chi connectivity index (χ1v) is 8.99. The van der Waals surface area contributed by atoms with Crippen molar-refractivity contribution < 1.29 is 31.5 Å². The first kappa shape index (κ1) is 21.0. The fourth-order valence-corrected chi connectivity index (χ4v) is 3.24. The van der Waals surface area contributed by atoms with Crippen molar-refractivity contribution in [3.63, 3.8) is 0 Å². The Morgan fingerprint density at radius 2 is 1.93 bits per heavy atom. The predicted octanol–water partition coefficient (Wildman–Crippen LogP) is 4.95. The molecule has 0 bridgehead atoms. The summed E-state index contributed by atoms with van der Waals surface area (Å²) < 4.78 is 72.0. The maximum Gasteiger partial charge on any atom is 0.410 e. The number of hydrogen-bond donors (Lipinski definition) is 0. The van der Waals surface area contributed by atoms with Crippen molar-refractivity contribution in [1.29, 1.82) is 0 Å². The molecule has 0 unspecified atom stereocenters. The van der Waals surface area contributed by atoms with E-state index in [9.17, 15) is 26.7 Å². The first-order valence-electron chi connectivity index (χ1n) is 8.99. The standard InChI is InChI=1S/C20H19F5N2O2/c21-19(22)7-9-27(18(28)29-13-14-4-2-1-3-5-14)12-17(19)15-6-8-26-16(10-15)11-20(23,24)25/h1-6,8,10,17H,7,9,11-13H2/t17-/m1/s1. The fourth-order valence-electron chi connectivity index (χ4n) is 3.24. The molecule has 1 fully saturated rings. The van der Waals surface area contributed by atoms with Crippen molar-refractivity contribution >= 4 is 6.09 Å². The predicted molar refractivity (Wildman–Crippen MR) is 94.5 cm³/mol. The van der Waals surface area contributed by atoms with Gasteiger partial charge in [-0.3, -0.25) is 4.98 Å². The lowest BCUT2D eigenvalue weighted by atomic mass is 9.87. The number of benzene rings is 1. The van der Waals surface area contributed by atoms with Gasteiger partial charge < -0.3 is 9.64 Å². The lowest BCUT2D eigenvalue weighted by Gasteiger charge is -2.38. The van der Waals surface area contributed by atoms with Gasteiger partial charge in [-0.25, -0.2) is 13.6 Å². The lowest BCUT2D eigenvalue weighted by molar-refractivity contribution is -0.127. The van der Waals surface area contributed by atoms with E-state index >= 15 is 0 Å². The molecule has 0 aliphatic carbocycles. The Morgan fingerprint density at radius 3 is 2.62 bits per heavy atom. The summed E-state index contributed by atoms with van der Waals surface area (Å²) >= 11 is 0. The summed E-state index contributed by atoms with van der Waals surface area (Å²) in [4.78, 5) is 17.1. The van der Waals surface area contributed by atoms with Crippen LogP contribution < -0.4 is 0 Å². The second-order valence-corrected chi connectivity index (χ2v) is 6.92. The molecule has 156 valence electrons. The van der Waals surface area contributed by atoms with Crippen LogP contribution in [-0.2, 0) is 17.8 Å². The highest BCUT2D eigenvalue weighted by molar-refractivity contribution is 5.68. The minimum absolute atomic E-state index is 0.00220. The summed E-state index contributed by atoms with van der Waals surface area (Å²) in [5, 5.41) is 0. The number of piperidine rings is 1. The molecule has 1 aromatic heterocycles. The van der Waals surface area contributed by atoms with Gasteiger partial charge in [0, 0.05) is 31.4 Å². The molecule has 0 N–H and O–H groups in total. The van der Waals surface area contributed by atoms with E-state index in [1.807, 2.05) is 6.07 Å². The van der Waals surface area contributed by atoms with Gasteiger partial charge in [-0.2, -0.15) is 13.2 Å². The fraction of sp³-hybridized carbons (Fsp3) is 0.400. The number of nitrogens with zero attached hydrogens (tertiary/aromatic N) is 2. The quantitative estimate of drug-likeness (QED) is 0.665. The summed E-state index contributed by atoms with van der Waals surface area (Å²) in [6.45, 7) is -0.546. The largest absolute Gasteiger partial charge is 0.445 e. The van der Waals surface area contributed by atoms with Gasteiger partial charge in [0.2, 0.25) is 0 Å². The number of halogens is 5. The van der Waals surface area contributed by atoms with Gasteiger partial charge in [-0.15, -0.1) is 0 Å². The average molecular weight is 414 g/mol. The van der Waals surface area contributed by atoms with Crippen LogP contribution in [0.2, 0.25) is 0 Å². The van der Waals surface area contributed by atoms with Crippen molar-refractivity contribution in [2.24, 2.45) is 0 Å². The zero-order valence-electron chi connectivity index (χ0n) is 15.3. The molecule has 0 spiro atoms. The smallest absolute Gasteiger partial charge is 0.410 e. The van der Waals surface area contributed by atoms with E-state index in [1.165, 1.54) is 6.07 Å². The molecular weight excluding hydrogens is 395 g/mol. The Kier molecular flexibility index (Phi) is 6.04. The maximum atomic E-state index is 14.5. The second-order valence-electron chi connectivity index (χ2n) is 6.92. The Balaban J connectivity index is 1.71. The van der Waals surface area contributed by atoms with Crippen molar-refractivity contribution in [3.8, 4) is 0 Å². The highest BCUT2D eigenvalue weighted by Gasteiger charge is 2.46. The van der Waals surface area contributed by atoms with Gasteiger partial charge in [-0.1, -0.05) is 30.3 Å². The summed E-state index contributed by atoms with van der Waals surface area (Å²) in [5.41, 5.74) is 0.435. The SMILES string of the molecule is O=C(OCc1ccccc1)N1CCC(F)(F)[C@@H](c2ccnc(CC(F)(F)F)c2)C1. The Labute approximate surface area is 164 Å². The molecule has 2 aromatic rings. The average Bonchev–Trinajstić information content (AvgIpc) is 2.65. The van der Waals surface area contributed by atoms with Crippen molar-refractivity contribution in [2.75, 3.05) is 13.1 Å². The van der Waals surface area contributed by atoms with E-state index in [4.69, 9.17) is 4.74 Å². The first-order chi connectivity index (χ1) is 13.6. The topological polar surface area (TPSA) is 42.4 Å². The van der Waals surface area contributed by atoms with Gasteiger partial charge in [0.25, 0.3) is 5.92 Å². The second kappa shape index (κ2) is 8.34. The number of carbonyl (C=O) groups excluding carboxylic acids is 1. The number of alkyl halides is 5. The van der Waals surface area contributed by atoms with E-state index < -0.39 is 37.0 Å². The van der Waals surface area contributed by atoms with Crippen molar-refractivity contribution in [1.82, 2.24) is 9.88 Å². The van der Waals surface area contributed by atoms with Crippen LogP contribution in [0.3, 0.4) is 0 Å². The van der Waals surface area contributed by atoms with Gasteiger partial charge in [0.15, 0.2) is 0 Å². The van der Waals surface area contributed by atoms with Crippen LogP contribution >= 0.6 is 0 Å². The Bertz CT molecular complexity index is 842. The molecule has 0 saturated carbocycles. The van der Waals surface area contributed by atoms with Crippen molar-refractivity contribution in [3.05, 3.63) is 65.5 Å². The third-order valence-corrected chi connectivity index (χ3v) is 4.72. The van der Waals surface area contributed by atoms with E-state index in [2.05, 4.69) is 4.98 Å². The van der Waals surface area contributed by atoms with E-state index in [-0.39, 0.29) is 31.0 Å². The third-order valence-electron chi connectivity index (χ3n) is 4.72. The molecule has 1 aromatic carbocycles. The molecule has 1 aliphatic rings. The summed E-state index contributed by atoms with van der Waals surface area (Å²) in [6.07, 6.45) is -6.05. The molecule has 29 heavy (non-hydrogen) atoms. The van der Waals surface area contributed by atoms with Gasteiger partial charge >= 0.3 is 12.3 Å². The molecular formula is C20H19F5N2O2. The monoisotopic (exact) mass is 414 g/mol. The number of rotatable bonds is 4. The molecule has 1 saturated heterocycles. The van der Waals surface area contributed by atoms with Crippen LogP contribution in [-0.4, -0.2) is 41.2 Å². The lowest BCUT2D eigenvalue weighted by Crippen LogP contribution is -2.48. The van der Waals surface area contributed by atoms with Gasteiger partial charge in [0.1, 0.15) is 6.61 Å². The highest BCUT2D eigenvalue weighted by atomic mass is 19.4. The van der Waals surface area contributed by atoms with Crippen LogP contribution in [0.5, 0.6) is 0 Å². The number of ether oxygens (including phenoxy) is 1. The van der Waals surface area contributed by atoms with Crippen LogP contribution in [0.25, 0.3) is 0 Å². The number of aromatic nitrogens is 1. The summed E-state index contributed by atoms with van der Waals surface area (Å²) in [5.74, 6) is -4.59. The van der Waals surface area contributed by atoms with Crippen LogP contribution in [0.15, 0.2) is 48.7 Å².